The van der Waals surface area contributed by atoms with Gasteiger partial charge < -0.3 is 15.2 Å². The average molecular weight is 323 g/mol. The smallest absolute Gasteiger partial charge is 0.278 e. The molecule has 0 unspecified atom stereocenters. The molecule has 1 aromatic heterocycles. The molecule has 2 aromatic rings. The fourth-order valence-electron chi connectivity index (χ4n) is 1.50. The monoisotopic (exact) mass is 322 g/mol. The Morgan fingerprint density at radius 1 is 1.42 bits per heavy atom. The number of methoxy groups -OCH3 is 1. The van der Waals surface area contributed by atoms with Crippen LogP contribution in [0, 0.1) is 0 Å². The third kappa shape index (κ3) is 3.03. The summed E-state index contributed by atoms with van der Waals surface area (Å²) in [5.74, 6) is -0.0467. The molecule has 0 radical (unpaired) electrons. The highest BCUT2D eigenvalue weighted by atomic mass is 79.9. The molecule has 0 spiro atoms. The van der Waals surface area contributed by atoms with Gasteiger partial charge in [0.15, 0.2) is 5.69 Å². The lowest BCUT2D eigenvalue weighted by Crippen LogP contribution is -2.13. The van der Waals surface area contributed by atoms with E-state index in [9.17, 15) is 9.90 Å². The molecule has 1 heterocycles. The molecule has 19 heavy (non-hydrogen) atoms. The number of rotatable bonds is 3. The maximum absolute atomic E-state index is 11.9. The molecule has 98 valence electrons. The van der Waals surface area contributed by atoms with Crippen molar-refractivity contribution in [3.05, 3.63) is 46.7 Å². The SMILES string of the molecule is COc1cc(NC(=O)c2ncccc2O)ccc1Br. The van der Waals surface area contributed by atoms with Gasteiger partial charge in [-0.3, -0.25) is 4.79 Å². The van der Waals surface area contributed by atoms with Crippen LogP contribution >= 0.6 is 15.9 Å². The van der Waals surface area contributed by atoms with Crippen molar-refractivity contribution >= 4 is 27.5 Å². The molecule has 1 aromatic carbocycles. The van der Waals surface area contributed by atoms with Gasteiger partial charge in [-0.15, -0.1) is 0 Å². The minimum atomic E-state index is -0.484. The fraction of sp³-hybridized carbons (Fsp3) is 0.0769. The number of benzene rings is 1. The first kappa shape index (κ1) is 13.4. The zero-order valence-electron chi connectivity index (χ0n) is 10.1. The van der Waals surface area contributed by atoms with Crippen molar-refractivity contribution in [2.75, 3.05) is 12.4 Å². The molecule has 0 aliphatic rings. The average Bonchev–Trinajstić information content (AvgIpc) is 2.41. The van der Waals surface area contributed by atoms with E-state index in [-0.39, 0.29) is 11.4 Å². The molecule has 0 fully saturated rings. The Labute approximate surface area is 118 Å². The summed E-state index contributed by atoms with van der Waals surface area (Å²) in [6, 6.07) is 8.10. The third-order valence-electron chi connectivity index (χ3n) is 2.41. The van der Waals surface area contributed by atoms with E-state index < -0.39 is 5.91 Å². The first-order chi connectivity index (χ1) is 9.11. The topological polar surface area (TPSA) is 71.5 Å². The number of pyridine rings is 1. The summed E-state index contributed by atoms with van der Waals surface area (Å²) in [6.07, 6.45) is 1.44. The Hall–Kier alpha value is -2.08. The molecule has 2 N–H and O–H groups in total. The van der Waals surface area contributed by atoms with E-state index in [2.05, 4.69) is 26.2 Å². The molecular weight excluding hydrogens is 312 g/mol. The number of nitrogens with one attached hydrogen (secondary N) is 1. The summed E-state index contributed by atoms with van der Waals surface area (Å²) in [7, 11) is 1.54. The second kappa shape index (κ2) is 5.71. The highest BCUT2D eigenvalue weighted by Gasteiger charge is 2.13. The van der Waals surface area contributed by atoms with Crippen LogP contribution in [-0.2, 0) is 0 Å². The number of nitrogens with zero attached hydrogens (tertiary/aromatic N) is 1. The molecule has 5 nitrogen and oxygen atoms in total. The van der Waals surface area contributed by atoms with Gasteiger partial charge in [-0.05, 0) is 40.2 Å². The molecule has 0 bridgehead atoms. The summed E-state index contributed by atoms with van der Waals surface area (Å²) >= 11 is 3.32. The van der Waals surface area contributed by atoms with Gasteiger partial charge in [-0.2, -0.15) is 0 Å². The zero-order valence-corrected chi connectivity index (χ0v) is 11.6. The number of amides is 1. The van der Waals surface area contributed by atoms with Crippen molar-refractivity contribution in [3.8, 4) is 11.5 Å². The Bertz CT molecular complexity index is 617. The first-order valence-corrected chi connectivity index (χ1v) is 6.20. The molecule has 0 saturated carbocycles. The van der Waals surface area contributed by atoms with Gasteiger partial charge in [0, 0.05) is 18.0 Å². The molecular formula is C13H11BrN2O3. The Balaban J connectivity index is 2.22. The van der Waals surface area contributed by atoms with E-state index in [4.69, 9.17) is 4.74 Å². The lowest BCUT2D eigenvalue weighted by Gasteiger charge is -2.08. The summed E-state index contributed by atoms with van der Waals surface area (Å²) < 4.78 is 5.92. The highest BCUT2D eigenvalue weighted by molar-refractivity contribution is 9.10. The van der Waals surface area contributed by atoms with Crippen LogP contribution in [0.5, 0.6) is 11.5 Å². The Morgan fingerprint density at radius 3 is 2.89 bits per heavy atom. The van der Waals surface area contributed by atoms with E-state index in [1.807, 2.05) is 0 Å². The Kier molecular flexibility index (Phi) is 4.01. The summed E-state index contributed by atoms with van der Waals surface area (Å²) in [5, 5.41) is 12.2. The summed E-state index contributed by atoms with van der Waals surface area (Å²) in [4.78, 5) is 15.8. The van der Waals surface area contributed by atoms with Crippen molar-refractivity contribution < 1.29 is 14.6 Å². The van der Waals surface area contributed by atoms with Gasteiger partial charge in [-0.1, -0.05) is 0 Å². The van der Waals surface area contributed by atoms with Gasteiger partial charge in [0.25, 0.3) is 5.91 Å². The molecule has 0 atom stereocenters. The number of hydrogen-bond acceptors (Lipinski definition) is 4. The minimum Gasteiger partial charge on any atom is -0.505 e. The van der Waals surface area contributed by atoms with Crippen LogP contribution in [0.15, 0.2) is 41.0 Å². The largest absolute Gasteiger partial charge is 0.505 e. The predicted octanol–water partition coefficient (Wildman–Crippen LogP) is 2.81. The van der Waals surface area contributed by atoms with Crippen molar-refractivity contribution in [1.29, 1.82) is 0 Å². The summed E-state index contributed by atoms with van der Waals surface area (Å²) in [5.41, 5.74) is 0.527. The van der Waals surface area contributed by atoms with E-state index >= 15 is 0 Å². The van der Waals surface area contributed by atoms with Crippen LogP contribution in [0.3, 0.4) is 0 Å². The van der Waals surface area contributed by atoms with Crippen molar-refractivity contribution in [1.82, 2.24) is 4.98 Å². The zero-order chi connectivity index (χ0) is 13.8. The standard InChI is InChI=1S/C13H11BrN2O3/c1-19-11-7-8(4-5-9(11)14)16-13(18)12-10(17)3-2-6-15-12/h2-7,17H,1H3,(H,16,18). The van der Waals surface area contributed by atoms with Crippen LogP contribution in [0.25, 0.3) is 0 Å². The van der Waals surface area contributed by atoms with Crippen LogP contribution in [0.4, 0.5) is 5.69 Å². The normalized spacial score (nSPS) is 10.0. The van der Waals surface area contributed by atoms with Gasteiger partial charge >= 0.3 is 0 Å². The van der Waals surface area contributed by atoms with Crippen molar-refractivity contribution in [3.63, 3.8) is 0 Å². The van der Waals surface area contributed by atoms with Gasteiger partial charge in [0.05, 0.1) is 11.6 Å². The van der Waals surface area contributed by atoms with Gasteiger partial charge in [0.2, 0.25) is 0 Å². The minimum absolute atomic E-state index is 0.0237. The van der Waals surface area contributed by atoms with E-state index in [0.29, 0.717) is 11.4 Å². The number of carbonyl (C=O) groups excluding carboxylic acids is 1. The maximum atomic E-state index is 11.9. The second-order valence-corrected chi connectivity index (χ2v) is 4.53. The fourth-order valence-corrected chi connectivity index (χ4v) is 1.91. The molecule has 0 saturated heterocycles. The Morgan fingerprint density at radius 2 is 2.21 bits per heavy atom. The second-order valence-electron chi connectivity index (χ2n) is 3.67. The van der Waals surface area contributed by atoms with E-state index in [1.165, 1.54) is 19.4 Å². The lowest BCUT2D eigenvalue weighted by atomic mass is 10.2. The number of aromatic hydroxyl groups is 1. The number of anilines is 1. The van der Waals surface area contributed by atoms with Crippen LogP contribution in [0.2, 0.25) is 0 Å². The van der Waals surface area contributed by atoms with Crippen molar-refractivity contribution in [2.45, 2.75) is 0 Å². The van der Waals surface area contributed by atoms with E-state index in [0.717, 1.165) is 4.47 Å². The third-order valence-corrected chi connectivity index (χ3v) is 3.07. The quantitative estimate of drug-likeness (QED) is 0.911. The molecule has 1 amide bonds. The number of carbonyl (C=O) groups is 1. The number of ether oxygens (including phenoxy) is 1. The lowest BCUT2D eigenvalue weighted by molar-refractivity contribution is 0.101. The molecule has 2 rings (SSSR count). The number of halogens is 1. The molecule has 6 heteroatoms. The molecule has 0 aliphatic heterocycles. The van der Waals surface area contributed by atoms with E-state index in [1.54, 1.807) is 24.3 Å². The number of aromatic nitrogens is 1. The van der Waals surface area contributed by atoms with Crippen LogP contribution < -0.4 is 10.1 Å². The van der Waals surface area contributed by atoms with Gasteiger partial charge in [0.1, 0.15) is 11.5 Å². The predicted molar refractivity (Wildman–Crippen MR) is 74.5 cm³/mol. The summed E-state index contributed by atoms with van der Waals surface area (Å²) in [6.45, 7) is 0. The first-order valence-electron chi connectivity index (χ1n) is 5.40. The maximum Gasteiger partial charge on any atom is 0.278 e. The highest BCUT2D eigenvalue weighted by Crippen LogP contribution is 2.28. The molecule has 0 aliphatic carbocycles. The van der Waals surface area contributed by atoms with Crippen molar-refractivity contribution in [2.24, 2.45) is 0 Å². The van der Waals surface area contributed by atoms with Crippen LogP contribution in [0.1, 0.15) is 10.5 Å². The van der Waals surface area contributed by atoms with Gasteiger partial charge in [-0.25, -0.2) is 4.98 Å². The van der Waals surface area contributed by atoms with Crippen LogP contribution in [-0.4, -0.2) is 23.1 Å². The number of hydrogen-bond donors (Lipinski definition) is 2.